The molecule has 4 aromatic rings. The first-order chi connectivity index (χ1) is 14.7. The van der Waals surface area contributed by atoms with Gasteiger partial charge < -0.3 is 9.72 Å². The molecule has 0 atom stereocenters. The maximum atomic E-state index is 10.9. The van der Waals surface area contributed by atoms with Crippen molar-refractivity contribution in [3.8, 4) is 33.5 Å². The molecule has 1 aromatic carbocycles. The van der Waals surface area contributed by atoms with E-state index in [1.165, 1.54) is 11.3 Å². The summed E-state index contributed by atoms with van der Waals surface area (Å²) in [5, 5.41) is 16.9. The summed E-state index contributed by atoms with van der Waals surface area (Å²) in [6, 6.07) is 14.2. The van der Waals surface area contributed by atoms with Crippen LogP contribution in [0.25, 0.3) is 32.6 Å². The molecular formula is C22H17N3O3S2. The number of amides is 1. The van der Waals surface area contributed by atoms with Gasteiger partial charge in [0.15, 0.2) is 0 Å². The van der Waals surface area contributed by atoms with Gasteiger partial charge in [0.2, 0.25) is 0 Å². The second-order valence-electron chi connectivity index (χ2n) is 6.63. The molecule has 0 aliphatic carbocycles. The molecule has 4 rings (SSSR count). The second kappa shape index (κ2) is 9.03. The van der Waals surface area contributed by atoms with Crippen LogP contribution in [0.5, 0.6) is 5.75 Å². The minimum Gasteiger partial charge on any atom is -0.494 e. The third-order valence-electron chi connectivity index (χ3n) is 4.73. The summed E-state index contributed by atoms with van der Waals surface area (Å²) in [4.78, 5) is 26.4. The summed E-state index contributed by atoms with van der Waals surface area (Å²) in [5.41, 5.74) is 3.87. The summed E-state index contributed by atoms with van der Waals surface area (Å²) >= 11 is 3.07. The van der Waals surface area contributed by atoms with Gasteiger partial charge in [-0.2, -0.15) is 5.26 Å². The van der Waals surface area contributed by atoms with Crippen molar-refractivity contribution in [1.29, 1.82) is 5.26 Å². The third-order valence-corrected chi connectivity index (χ3v) is 6.44. The number of aromatic nitrogens is 1. The number of unbranched alkanes of at least 4 members (excludes halogenated alkanes) is 1. The van der Waals surface area contributed by atoms with Crippen LogP contribution in [-0.4, -0.2) is 17.5 Å². The van der Waals surface area contributed by atoms with Crippen LogP contribution < -0.4 is 4.74 Å². The van der Waals surface area contributed by atoms with Gasteiger partial charge in [-0.1, -0.05) is 6.07 Å². The number of hydrogen-bond donors (Lipinski definition) is 1. The predicted molar refractivity (Wildman–Crippen MR) is 120 cm³/mol. The summed E-state index contributed by atoms with van der Waals surface area (Å²) < 4.78 is 5.86. The zero-order valence-electron chi connectivity index (χ0n) is 15.9. The van der Waals surface area contributed by atoms with Crippen molar-refractivity contribution in [2.75, 3.05) is 6.61 Å². The van der Waals surface area contributed by atoms with Crippen molar-refractivity contribution in [2.24, 2.45) is 5.18 Å². The number of carbonyl (C=O) groups excluding carboxylic acids is 1. The number of H-pyrrole nitrogens is 1. The number of carbonyl (C=O) groups is 1. The molecule has 0 radical (unpaired) electrons. The van der Waals surface area contributed by atoms with Crippen molar-refractivity contribution < 1.29 is 9.53 Å². The zero-order valence-corrected chi connectivity index (χ0v) is 17.5. The van der Waals surface area contributed by atoms with Crippen LogP contribution in [0.2, 0.25) is 0 Å². The predicted octanol–water partition coefficient (Wildman–Crippen LogP) is 6.34. The number of aromatic amines is 1. The van der Waals surface area contributed by atoms with Crippen LogP contribution in [0.4, 0.5) is 0 Å². The summed E-state index contributed by atoms with van der Waals surface area (Å²) in [6.45, 7) is 0.442. The first kappa shape index (κ1) is 20.0. The average molecular weight is 436 g/mol. The smallest absolute Gasteiger partial charge is 0.286 e. The van der Waals surface area contributed by atoms with E-state index in [1.54, 1.807) is 11.3 Å². The highest BCUT2D eigenvalue weighted by atomic mass is 32.1. The summed E-state index contributed by atoms with van der Waals surface area (Å²) in [6.07, 6.45) is 1.36. The van der Waals surface area contributed by atoms with E-state index in [-0.39, 0.29) is 6.42 Å². The minimum atomic E-state index is -0.626. The SMILES string of the molecule is N#Cc1sccc1-c1c(-c2cccs2)[nH]c2ccc(OCCCCC(=O)N=O)cc12. The monoisotopic (exact) mass is 435 g/mol. The fraction of sp³-hybridized carbons (Fsp3) is 0.182. The van der Waals surface area contributed by atoms with Crippen molar-refractivity contribution >= 4 is 39.5 Å². The highest BCUT2D eigenvalue weighted by molar-refractivity contribution is 7.13. The van der Waals surface area contributed by atoms with Gasteiger partial charge in [-0.3, -0.25) is 4.79 Å². The normalized spacial score (nSPS) is 10.8. The Morgan fingerprint density at radius 2 is 2.07 bits per heavy atom. The molecule has 8 heteroatoms. The van der Waals surface area contributed by atoms with E-state index in [0.717, 1.165) is 32.6 Å². The van der Waals surface area contributed by atoms with E-state index in [9.17, 15) is 15.0 Å². The largest absolute Gasteiger partial charge is 0.494 e. The van der Waals surface area contributed by atoms with Gasteiger partial charge in [0.25, 0.3) is 5.91 Å². The van der Waals surface area contributed by atoms with Gasteiger partial charge in [0.05, 0.1) is 17.2 Å². The van der Waals surface area contributed by atoms with E-state index in [4.69, 9.17) is 4.74 Å². The Bertz CT molecular complexity index is 1230. The molecule has 0 aliphatic rings. The Balaban J connectivity index is 1.66. The van der Waals surface area contributed by atoms with Crippen molar-refractivity contribution in [2.45, 2.75) is 19.3 Å². The molecule has 150 valence electrons. The molecule has 3 aromatic heterocycles. The maximum Gasteiger partial charge on any atom is 0.286 e. The van der Waals surface area contributed by atoms with Crippen molar-refractivity contribution in [3.63, 3.8) is 0 Å². The number of thiophene rings is 2. The van der Waals surface area contributed by atoms with Crippen LogP contribution in [0.1, 0.15) is 24.1 Å². The molecule has 1 amide bonds. The van der Waals surface area contributed by atoms with E-state index in [2.05, 4.69) is 22.3 Å². The molecule has 0 aliphatic heterocycles. The lowest BCUT2D eigenvalue weighted by atomic mass is 10.0. The molecule has 0 saturated carbocycles. The maximum absolute atomic E-state index is 10.9. The molecular weight excluding hydrogens is 418 g/mol. The van der Waals surface area contributed by atoms with Crippen LogP contribution in [0, 0.1) is 16.2 Å². The number of nitrogens with zero attached hydrogens (tertiary/aromatic N) is 2. The number of ether oxygens (including phenoxy) is 1. The molecule has 6 nitrogen and oxygen atoms in total. The van der Waals surface area contributed by atoms with Gasteiger partial charge in [-0.05, 0) is 53.9 Å². The number of fused-ring (bicyclic) bond motifs is 1. The lowest BCUT2D eigenvalue weighted by Gasteiger charge is -2.07. The summed E-state index contributed by atoms with van der Waals surface area (Å²) in [7, 11) is 0. The number of benzene rings is 1. The van der Waals surface area contributed by atoms with E-state index in [1.807, 2.05) is 41.1 Å². The molecule has 0 unspecified atom stereocenters. The van der Waals surface area contributed by atoms with E-state index >= 15 is 0 Å². The van der Waals surface area contributed by atoms with Crippen LogP contribution in [0.3, 0.4) is 0 Å². The topological polar surface area (TPSA) is 95.3 Å². The van der Waals surface area contributed by atoms with Crippen LogP contribution >= 0.6 is 22.7 Å². The Hall–Kier alpha value is -3.28. The Morgan fingerprint density at radius 1 is 1.17 bits per heavy atom. The molecule has 30 heavy (non-hydrogen) atoms. The van der Waals surface area contributed by atoms with Gasteiger partial charge in [0, 0.05) is 33.6 Å². The molecule has 0 saturated heterocycles. The summed E-state index contributed by atoms with van der Waals surface area (Å²) in [5.74, 6) is 0.0904. The second-order valence-corrected chi connectivity index (χ2v) is 8.49. The number of rotatable bonds is 8. The standard InChI is InChI=1S/C22H17N3O3S2/c23-13-19-15(8-11-30-19)21-16-12-14(28-9-2-1-5-20(26)25-27)6-7-17(16)24-22(21)18-4-3-10-29-18/h3-4,6-8,10-12,24H,1-2,5,9H2. The first-order valence-corrected chi connectivity index (χ1v) is 11.1. The fourth-order valence-electron chi connectivity index (χ4n) is 3.35. The van der Waals surface area contributed by atoms with Gasteiger partial charge in [-0.25, -0.2) is 0 Å². The lowest BCUT2D eigenvalue weighted by molar-refractivity contribution is -0.118. The quantitative estimate of drug-likeness (QED) is 0.258. The van der Waals surface area contributed by atoms with E-state index < -0.39 is 5.91 Å². The zero-order chi connectivity index (χ0) is 20.9. The number of hydrogen-bond acceptors (Lipinski definition) is 6. The Labute approximate surface area is 180 Å². The van der Waals surface area contributed by atoms with Crippen molar-refractivity contribution in [3.05, 3.63) is 56.9 Å². The lowest BCUT2D eigenvalue weighted by Crippen LogP contribution is -1.99. The Morgan fingerprint density at radius 3 is 2.83 bits per heavy atom. The molecule has 0 spiro atoms. The number of nitroso groups, excluding NO2 is 1. The number of nitrogens with one attached hydrogen (secondary N) is 1. The van der Waals surface area contributed by atoms with Crippen LogP contribution in [-0.2, 0) is 4.79 Å². The van der Waals surface area contributed by atoms with Gasteiger partial charge >= 0.3 is 0 Å². The molecule has 0 fully saturated rings. The van der Waals surface area contributed by atoms with Gasteiger partial charge in [-0.15, -0.1) is 27.6 Å². The van der Waals surface area contributed by atoms with Crippen LogP contribution in [0.15, 0.2) is 52.3 Å². The number of nitriles is 1. The van der Waals surface area contributed by atoms with E-state index in [0.29, 0.717) is 30.1 Å². The fourth-order valence-corrected chi connectivity index (χ4v) is 4.77. The molecule has 1 N–H and O–H groups in total. The molecule has 0 bridgehead atoms. The third kappa shape index (κ3) is 4.03. The van der Waals surface area contributed by atoms with Gasteiger partial charge in [0.1, 0.15) is 16.7 Å². The highest BCUT2D eigenvalue weighted by Crippen LogP contribution is 2.43. The first-order valence-electron chi connectivity index (χ1n) is 9.38. The average Bonchev–Trinajstić information content (AvgIpc) is 3.51. The minimum absolute atomic E-state index is 0.146. The highest BCUT2D eigenvalue weighted by Gasteiger charge is 2.19. The van der Waals surface area contributed by atoms with Crippen molar-refractivity contribution in [1.82, 2.24) is 4.98 Å². The Kier molecular flexibility index (Phi) is 6.02. The molecule has 3 heterocycles.